The topological polar surface area (TPSA) is 91.3 Å². The number of carboxylic acid groups (broad SMARTS) is 1. The molecule has 2 aromatic rings. The van der Waals surface area contributed by atoms with Crippen LogP contribution in [-0.2, 0) is 4.79 Å². The maximum Gasteiger partial charge on any atom is 0.280 e. The minimum atomic E-state index is -1.31. The normalized spacial score (nSPS) is 15.1. The Balaban J connectivity index is 1.95. The average Bonchev–Trinajstić information content (AvgIpc) is 2.96. The molecule has 0 radical (unpaired) electrons. The first kappa shape index (κ1) is 18.2. The molecule has 0 saturated carbocycles. The van der Waals surface area contributed by atoms with E-state index in [0.29, 0.717) is 28.5 Å². The van der Waals surface area contributed by atoms with Crippen molar-refractivity contribution in [2.24, 2.45) is 5.10 Å². The Kier molecular flexibility index (Phi) is 4.94. The third kappa shape index (κ3) is 3.52. The molecule has 7 nitrogen and oxygen atoms in total. The molecule has 0 unspecified atom stereocenters. The number of rotatable bonds is 5. The Bertz CT molecular complexity index is 978. The van der Waals surface area contributed by atoms with Crippen LogP contribution >= 0.6 is 0 Å². The summed E-state index contributed by atoms with van der Waals surface area (Å²) in [6, 6.07) is 11.2. The molecule has 0 atom stereocenters. The quantitative estimate of drug-likeness (QED) is 0.755. The van der Waals surface area contributed by atoms with Crippen molar-refractivity contribution < 1.29 is 24.2 Å². The van der Waals surface area contributed by atoms with Crippen LogP contribution in [0.15, 0.2) is 53.1 Å². The second-order valence-corrected chi connectivity index (χ2v) is 5.81. The van der Waals surface area contributed by atoms with Crippen LogP contribution < -0.4 is 19.6 Å². The lowest BCUT2D eigenvalue weighted by Crippen LogP contribution is -2.24. The van der Waals surface area contributed by atoms with Gasteiger partial charge in [0, 0.05) is 0 Å². The number of ether oxygens (including phenoxy) is 2. The summed E-state index contributed by atoms with van der Waals surface area (Å²) in [7, 11) is 3.08. The Morgan fingerprint density at radius 3 is 2.52 bits per heavy atom. The molecular formula is C20H17N2O5-. The van der Waals surface area contributed by atoms with Gasteiger partial charge in [0.15, 0.2) is 11.5 Å². The molecule has 1 aliphatic heterocycles. The van der Waals surface area contributed by atoms with E-state index in [9.17, 15) is 14.7 Å². The van der Waals surface area contributed by atoms with Gasteiger partial charge < -0.3 is 19.4 Å². The van der Waals surface area contributed by atoms with Crippen molar-refractivity contribution in [2.75, 3.05) is 19.2 Å². The van der Waals surface area contributed by atoms with Crippen LogP contribution in [0.2, 0.25) is 0 Å². The van der Waals surface area contributed by atoms with Crippen LogP contribution in [-0.4, -0.2) is 31.8 Å². The molecule has 27 heavy (non-hydrogen) atoms. The second kappa shape index (κ2) is 7.33. The SMILES string of the molecule is COc1ccc(/C=C2\C(=O)N(c3cccc(C(=O)[O-])c3)N=C2C)cc1OC. The zero-order chi connectivity index (χ0) is 19.6. The smallest absolute Gasteiger partial charge is 0.280 e. The number of hydrazone groups is 1. The van der Waals surface area contributed by atoms with Gasteiger partial charge in [0.05, 0.1) is 37.2 Å². The molecule has 0 fully saturated rings. The summed E-state index contributed by atoms with van der Waals surface area (Å²) in [5.74, 6) is -0.531. The minimum absolute atomic E-state index is 0.0227. The number of benzene rings is 2. The van der Waals surface area contributed by atoms with Gasteiger partial charge in [-0.25, -0.2) is 0 Å². The number of anilines is 1. The molecule has 2 aromatic carbocycles. The Hall–Kier alpha value is -3.61. The summed E-state index contributed by atoms with van der Waals surface area (Å²) in [4.78, 5) is 23.9. The Labute approximate surface area is 156 Å². The molecule has 0 spiro atoms. The van der Waals surface area contributed by atoms with E-state index in [-0.39, 0.29) is 11.5 Å². The predicted molar refractivity (Wildman–Crippen MR) is 98.9 cm³/mol. The highest BCUT2D eigenvalue weighted by molar-refractivity contribution is 6.32. The van der Waals surface area contributed by atoms with E-state index in [4.69, 9.17) is 9.47 Å². The van der Waals surface area contributed by atoms with Gasteiger partial charge in [-0.3, -0.25) is 4.79 Å². The number of carboxylic acids is 1. The zero-order valence-electron chi connectivity index (χ0n) is 15.1. The second-order valence-electron chi connectivity index (χ2n) is 5.81. The number of aromatic carboxylic acids is 1. The van der Waals surface area contributed by atoms with Crippen molar-refractivity contribution in [2.45, 2.75) is 6.92 Å². The molecule has 1 heterocycles. The molecule has 138 valence electrons. The van der Waals surface area contributed by atoms with Crippen LogP contribution in [0.25, 0.3) is 6.08 Å². The molecule has 0 bridgehead atoms. The van der Waals surface area contributed by atoms with E-state index in [0.717, 1.165) is 5.56 Å². The van der Waals surface area contributed by atoms with Crippen LogP contribution in [0, 0.1) is 0 Å². The fraction of sp³-hybridized carbons (Fsp3) is 0.150. The monoisotopic (exact) mass is 365 g/mol. The lowest BCUT2D eigenvalue weighted by atomic mass is 10.1. The van der Waals surface area contributed by atoms with Gasteiger partial charge >= 0.3 is 0 Å². The third-order valence-electron chi connectivity index (χ3n) is 4.11. The number of methoxy groups -OCH3 is 2. The first-order valence-corrected chi connectivity index (χ1v) is 8.09. The standard InChI is InChI=1S/C20H18N2O5/c1-12-16(9-13-7-8-17(26-2)18(10-13)27-3)19(23)22(21-12)15-6-4-5-14(11-15)20(24)25/h4-11H,1-3H3,(H,24,25)/p-1/b16-9-. The van der Waals surface area contributed by atoms with E-state index in [2.05, 4.69) is 5.10 Å². The molecular weight excluding hydrogens is 348 g/mol. The molecule has 0 aliphatic carbocycles. The summed E-state index contributed by atoms with van der Waals surface area (Å²) in [6.07, 6.45) is 1.70. The van der Waals surface area contributed by atoms with E-state index >= 15 is 0 Å². The van der Waals surface area contributed by atoms with Gasteiger partial charge in [0.1, 0.15) is 0 Å². The number of nitrogens with zero attached hydrogens (tertiary/aromatic N) is 2. The number of carbonyl (C=O) groups is 2. The van der Waals surface area contributed by atoms with Crippen LogP contribution in [0.4, 0.5) is 5.69 Å². The highest BCUT2D eigenvalue weighted by atomic mass is 16.5. The van der Waals surface area contributed by atoms with Crippen molar-refractivity contribution >= 4 is 29.4 Å². The summed E-state index contributed by atoms with van der Waals surface area (Å²) in [5, 5.41) is 16.5. The zero-order valence-corrected chi connectivity index (χ0v) is 15.1. The highest BCUT2D eigenvalue weighted by Gasteiger charge is 2.28. The first-order valence-electron chi connectivity index (χ1n) is 8.09. The van der Waals surface area contributed by atoms with Gasteiger partial charge in [-0.2, -0.15) is 10.1 Å². The van der Waals surface area contributed by atoms with Crippen molar-refractivity contribution in [3.05, 3.63) is 59.2 Å². The fourth-order valence-electron chi connectivity index (χ4n) is 2.73. The van der Waals surface area contributed by atoms with Crippen molar-refractivity contribution in [1.82, 2.24) is 0 Å². The van der Waals surface area contributed by atoms with Gasteiger partial charge in [0.25, 0.3) is 5.91 Å². The fourth-order valence-corrected chi connectivity index (χ4v) is 2.73. The van der Waals surface area contributed by atoms with Crippen molar-refractivity contribution in [1.29, 1.82) is 0 Å². The van der Waals surface area contributed by atoms with E-state index < -0.39 is 5.97 Å². The van der Waals surface area contributed by atoms with Crippen LogP contribution in [0.5, 0.6) is 11.5 Å². The molecule has 1 aliphatic rings. The molecule has 0 N–H and O–H groups in total. The highest BCUT2D eigenvalue weighted by Crippen LogP contribution is 2.30. The average molecular weight is 365 g/mol. The summed E-state index contributed by atoms with van der Waals surface area (Å²) in [6.45, 7) is 1.72. The predicted octanol–water partition coefficient (Wildman–Crippen LogP) is 1.87. The summed E-state index contributed by atoms with van der Waals surface area (Å²) >= 11 is 0. The maximum atomic E-state index is 12.8. The van der Waals surface area contributed by atoms with Crippen LogP contribution in [0.3, 0.4) is 0 Å². The van der Waals surface area contributed by atoms with Gasteiger partial charge in [-0.05, 0) is 48.4 Å². The number of hydrogen-bond acceptors (Lipinski definition) is 6. The van der Waals surface area contributed by atoms with Crippen LogP contribution in [0.1, 0.15) is 22.8 Å². The summed E-state index contributed by atoms with van der Waals surface area (Å²) in [5.41, 5.74) is 2.01. The Morgan fingerprint density at radius 2 is 1.85 bits per heavy atom. The van der Waals surface area contributed by atoms with E-state index in [1.807, 2.05) is 0 Å². The summed E-state index contributed by atoms with van der Waals surface area (Å²) < 4.78 is 10.5. The van der Waals surface area contributed by atoms with Gasteiger partial charge in [-0.15, -0.1) is 0 Å². The van der Waals surface area contributed by atoms with E-state index in [1.54, 1.807) is 44.4 Å². The van der Waals surface area contributed by atoms with Crippen molar-refractivity contribution in [3.8, 4) is 11.5 Å². The number of carbonyl (C=O) groups excluding carboxylic acids is 2. The number of hydrogen-bond donors (Lipinski definition) is 0. The maximum absolute atomic E-state index is 12.8. The molecule has 0 saturated heterocycles. The first-order chi connectivity index (χ1) is 12.9. The number of amides is 1. The third-order valence-corrected chi connectivity index (χ3v) is 4.11. The van der Waals surface area contributed by atoms with Gasteiger partial charge in [-0.1, -0.05) is 18.2 Å². The molecule has 1 amide bonds. The largest absolute Gasteiger partial charge is 0.545 e. The lowest BCUT2D eigenvalue weighted by Gasteiger charge is -2.13. The lowest BCUT2D eigenvalue weighted by molar-refractivity contribution is -0.255. The van der Waals surface area contributed by atoms with E-state index in [1.165, 1.54) is 30.3 Å². The van der Waals surface area contributed by atoms with Gasteiger partial charge in [0.2, 0.25) is 0 Å². The Morgan fingerprint density at radius 1 is 1.11 bits per heavy atom. The molecule has 0 aromatic heterocycles. The molecule has 3 rings (SSSR count). The minimum Gasteiger partial charge on any atom is -0.545 e. The van der Waals surface area contributed by atoms with Crippen molar-refractivity contribution in [3.63, 3.8) is 0 Å². The molecule has 7 heteroatoms.